The van der Waals surface area contributed by atoms with E-state index in [0.717, 1.165) is 13.2 Å². The molecule has 1 heterocycles. The highest BCUT2D eigenvalue weighted by Crippen LogP contribution is 2.35. The molecule has 0 aromatic heterocycles. The summed E-state index contributed by atoms with van der Waals surface area (Å²) in [7, 11) is -8.51. The summed E-state index contributed by atoms with van der Waals surface area (Å²) in [5.74, 6) is 0. The molecule has 0 aliphatic carbocycles. The maximum atomic E-state index is 9.81. The average molecular weight is 320 g/mol. The number of hydrogen-bond donors (Lipinski definition) is 3. The second-order valence-corrected chi connectivity index (χ2v) is 5.02. The zero-order valence-electron chi connectivity index (χ0n) is 10.0. The second-order valence-electron chi connectivity index (χ2n) is 2.69. The minimum atomic E-state index is -4.26. The van der Waals surface area contributed by atoms with Crippen molar-refractivity contribution in [3.8, 4) is 0 Å². The van der Waals surface area contributed by atoms with E-state index in [1.807, 2.05) is 0 Å². The first-order valence-corrected chi connectivity index (χ1v) is 7.63. The van der Waals surface area contributed by atoms with Crippen molar-refractivity contribution < 1.29 is 40.8 Å². The van der Waals surface area contributed by atoms with Gasteiger partial charge in [-0.2, -0.15) is 8.42 Å². The highest BCUT2D eigenvalue weighted by Gasteiger charge is 2.10. The lowest BCUT2D eigenvalue weighted by atomic mass is 10.7. The second kappa shape index (κ2) is 11.3. The zero-order chi connectivity index (χ0) is 15.4. The van der Waals surface area contributed by atoms with Crippen LogP contribution >= 0.6 is 7.82 Å². The molecule has 1 aliphatic rings. The lowest BCUT2D eigenvalue weighted by Gasteiger charge is -1.98. The van der Waals surface area contributed by atoms with Crippen molar-refractivity contribution in [3.63, 3.8) is 0 Å². The van der Waals surface area contributed by atoms with Crippen LogP contribution in [0.15, 0.2) is 25.3 Å². The van der Waals surface area contributed by atoms with Gasteiger partial charge in [0.15, 0.2) is 0 Å². The number of ether oxygens (including phenoxy) is 1. The molecule has 19 heavy (non-hydrogen) atoms. The Balaban J connectivity index is 0. The molecule has 1 saturated heterocycles. The molecule has 0 aromatic rings. The molecule has 3 N–H and O–H groups in total. The smallest absolute Gasteiger partial charge is 0.377 e. The van der Waals surface area contributed by atoms with Crippen LogP contribution in [-0.2, 0) is 28.4 Å². The molecule has 1 fully saturated rings. The minimum Gasteiger partial charge on any atom is -0.377 e. The SMILES string of the molecule is C1CO1.C=CCOP(=O)(O)O.C=CCOS(=O)(=O)O. The summed E-state index contributed by atoms with van der Waals surface area (Å²) in [4.78, 5) is 16.0. The van der Waals surface area contributed by atoms with Crippen molar-refractivity contribution in [1.29, 1.82) is 0 Å². The number of hydrogen-bond acceptors (Lipinski definition) is 6. The highest BCUT2D eigenvalue weighted by molar-refractivity contribution is 7.80. The van der Waals surface area contributed by atoms with E-state index in [1.165, 1.54) is 12.2 Å². The molecule has 0 aromatic carbocycles. The minimum absolute atomic E-state index is 0.121. The van der Waals surface area contributed by atoms with Gasteiger partial charge in [0.25, 0.3) is 0 Å². The van der Waals surface area contributed by atoms with Crippen LogP contribution in [0.2, 0.25) is 0 Å². The van der Waals surface area contributed by atoms with Gasteiger partial charge < -0.3 is 14.5 Å². The van der Waals surface area contributed by atoms with Crippen molar-refractivity contribution in [2.24, 2.45) is 0 Å². The highest BCUT2D eigenvalue weighted by atomic mass is 32.3. The number of phosphoric acid groups is 1. The van der Waals surface area contributed by atoms with Crippen LogP contribution in [0.5, 0.6) is 0 Å². The van der Waals surface area contributed by atoms with Gasteiger partial charge in [0.2, 0.25) is 0 Å². The van der Waals surface area contributed by atoms with Gasteiger partial charge in [-0.1, -0.05) is 12.2 Å². The van der Waals surface area contributed by atoms with Crippen molar-refractivity contribution >= 4 is 18.2 Å². The third-order valence-electron chi connectivity index (χ3n) is 0.900. The summed E-state index contributed by atoms with van der Waals surface area (Å²) in [5, 5.41) is 0. The molecule has 0 radical (unpaired) electrons. The average Bonchev–Trinajstić information content (AvgIpc) is 3.09. The van der Waals surface area contributed by atoms with Gasteiger partial charge in [-0.05, 0) is 0 Å². The number of rotatable bonds is 6. The Hall–Kier alpha value is -0.580. The van der Waals surface area contributed by atoms with E-state index in [4.69, 9.17) is 14.3 Å². The molecule has 1 rings (SSSR count). The summed E-state index contributed by atoms with van der Waals surface area (Å²) in [6.45, 7) is 8.04. The lowest BCUT2D eigenvalue weighted by Crippen LogP contribution is -2.02. The topological polar surface area (TPSA) is 143 Å². The Labute approximate surface area is 111 Å². The predicted molar refractivity (Wildman–Crippen MR) is 66.7 cm³/mol. The van der Waals surface area contributed by atoms with Crippen LogP contribution in [0.1, 0.15) is 0 Å². The quantitative estimate of drug-likeness (QED) is 0.272. The summed E-state index contributed by atoms with van der Waals surface area (Å²) in [6.07, 6.45) is 2.48. The first-order chi connectivity index (χ1) is 8.62. The van der Waals surface area contributed by atoms with Crippen LogP contribution in [0.3, 0.4) is 0 Å². The molecule has 1 aliphatic heterocycles. The van der Waals surface area contributed by atoms with Gasteiger partial charge in [0.05, 0.1) is 26.4 Å². The molecular formula is C8H17O9PS. The number of epoxide rings is 1. The van der Waals surface area contributed by atoms with Crippen LogP contribution in [0.4, 0.5) is 0 Å². The Morgan fingerprint density at radius 2 is 1.63 bits per heavy atom. The molecule has 0 spiro atoms. The van der Waals surface area contributed by atoms with E-state index in [0.29, 0.717) is 0 Å². The summed E-state index contributed by atoms with van der Waals surface area (Å²) >= 11 is 0. The number of phosphoric ester groups is 1. The van der Waals surface area contributed by atoms with Gasteiger partial charge in [-0.15, -0.1) is 13.2 Å². The molecule has 11 heteroatoms. The van der Waals surface area contributed by atoms with E-state index in [1.54, 1.807) is 0 Å². The lowest BCUT2D eigenvalue weighted by molar-refractivity contribution is 0.216. The van der Waals surface area contributed by atoms with Gasteiger partial charge in [-0.3, -0.25) is 9.08 Å². The maximum Gasteiger partial charge on any atom is 0.469 e. The molecule has 0 amide bonds. The summed E-state index contributed by atoms with van der Waals surface area (Å²) in [5.41, 5.74) is 0. The van der Waals surface area contributed by atoms with Crippen molar-refractivity contribution in [2.75, 3.05) is 26.4 Å². The van der Waals surface area contributed by atoms with Crippen LogP contribution in [0.25, 0.3) is 0 Å². The first-order valence-electron chi connectivity index (χ1n) is 4.74. The molecule has 0 unspecified atom stereocenters. The molecular weight excluding hydrogens is 303 g/mol. The zero-order valence-corrected chi connectivity index (χ0v) is 11.8. The Morgan fingerprint density at radius 3 is 1.74 bits per heavy atom. The van der Waals surface area contributed by atoms with Crippen molar-refractivity contribution in [2.45, 2.75) is 0 Å². The van der Waals surface area contributed by atoms with E-state index >= 15 is 0 Å². The predicted octanol–water partition coefficient (Wildman–Crippen LogP) is 0.290. The molecule has 0 bridgehead atoms. The van der Waals surface area contributed by atoms with E-state index in [-0.39, 0.29) is 13.2 Å². The first kappa shape index (κ1) is 20.7. The Morgan fingerprint density at radius 1 is 1.21 bits per heavy atom. The third-order valence-corrected chi connectivity index (χ3v) is 1.82. The third kappa shape index (κ3) is 38.1. The van der Waals surface area contributed by atoms with Gasteiger partial charge in [0, 0.05) is 0 Å². The normalized spacial score (nSPS) is 13.2. The maximum absolute atomic E-state index is 9.81. The fourth-order valence-corrected chi connectivity index (χ4v) is 0.852. The summed E-state index contributed by atoms with van der Waals surface area (Å²) < 4.78 is 49.2. The fourth-order valence-electron chi connectivity index (χ4n) is 0.284. The van der Waals surface area contributed by atoms with Crippen molar-refractivity contribution in [1.82, 2.24) is 0 Å². The van der Waals surface area contributed by atoms with Gasteiger partial charge in [-0.25, -0.2) is 8.75 Å². The summed E-state index contributed by atoms with van der Waals surface area (Å²) in [6, 6.07) is 0. The van der Waals surface area contributed by atoms with E-state index in [9.17, 15) is 13.0 Å². The molecule has 114 valence electrons. The Kier molecular flexibility index (Phi) is 12.3. The van der Waals surface area contributed by atoms with E-state index < -0.39 is 18.2 Å². The van der Waals surface area contributed by atoms with Crippen LogP contribution < -0.4 is 0 Å². The van der Waals surface area contributed by atoms with Crippen LogP contribution in [0, 0.1) is 0 Å². The van der Waals surface area contributed by atoms with Crippen molar-refractivity contribution in [3.05, 3.63) is 25.3 Å². The Bertz CT molecular complexity index is 380. The van der Waals surface area contributed by atoms with Gasteiger partial charge in [0.1, 0.15) is 0 Å². The molecule has 9 nitrogen and oxygen atoms in total. The fraction of sp³-hybridized carbons (Fsp3) is 0.500. The molecule has 0 atom stereocenters. The van der Waals surface area contributed by atoms with Crippen LogP contribution in [-0.4, -0.2) is 49.2 Å². The van der Waals surface area contributed by atoms with E-state index in [2.05, 4.69) is 26.6 Å². The standard InChI is InChI=1S/C3H7O4P.C3H6O4S.C2H4O/c2*1-2-3-7-8(4,5)6;1-2-3-1/h2H,1,3H2,(H2,4,5,6);2H,1,3H2,(H,4,5,6);1-2H2. The van der Waals surface area contributed by atoms with Gasteiger partial charge >= 0.3 is 18.2 Å². The largest absolute Gasteiger partial charge is 0.469 e. The monoisotopic (exact) mass is 320 g/mol. The molecule has 0 saturated carbocycles.